The number of rotatable bonds is 12. The third kappa shape index (κ3) is 8.36. The van der Waals surface area contributed by atoms with Gasteiger partial charge in [-0.15, -0.1) is 0 Å². The van der Waals surface area contributed by atoms with Crippen LogP contribution in [0.4, 0.5) is 11.4 Å². The minimum absolute atomic E-state index is 0.0194. The number of hydrogen-bond acceptors (Lipinski definition) is 4. The quantitative estimate of drug-likeness (QED) is 0.158. The molecule has 0 radical (unpaired) electrons. The highest BCUT2D eigenvalue weighted by Gasteiger charge is 2.28. The van der Waals surface area contributed by atoms with Crippen molar-refractivity contribution < 1.29 is 19.1 Å². The van der Waals surface area contributed by atoms with Crippen LogP contribution in [0.25, 0.3) is 0 Å². The molecule has 8 heteroatoms. The monoisotopic (exact) mass is 610 g/mol. The number of carbonyl (C=O) groups excluding carboxylic acids is 3. The van der Waals surface area contributed by atoms with Crippen LogP contribution in [0.3, 0.4) is 0 Å². The molecule has 1 unspecified atom stereocenters. The molecule has 224 valence electrons. The van der Waals surface area contributed by atoms with Gasteiger partial charge in [0.25, 0.3) is 5.91 Å². The van der Waals surface area contributed by atoms with E-state index < -0.39 is 24.2 Å². The Morgan fingerprint density at radius 1 is 0.857 bits per heavy atom. The molecule has 0 aliphatic carbocycles. The number of Topliss-reactive ketones (excluding diaryl/α,β-unsaturated/α-hetero) is 1. The summed E-state index contributed by atoms with van der Waals surface area (Å²) >= 11 is 12.1. The smallest absolute Gasteiger partial charge is 0.265 e. The summed E-state index contributed by atoms with van der Waals surface area (Å²) < 4.78 is 6.22. The van der Waals surface area contributed by atoms with Gasteiger partial charge >= 0.3 is 0 Å². The molecule has 0 spiro atoms. The van der Waals surface area contributed by atoms with Gasteiger partial charge in [-0.3, -0.25) is 14.4 Å². The Morgan fingerprint density at radius 3 is 2.21 bits per heavy atom. The third-order valence-corrected chi connectivity index (χ3v) is 8.47. The summed E-state index contributed by atoms with van der Waals surface area (Å²) in [7, 11) is 0. The second-order valence-corrected chi connectivity index (χ2v) is 12.6. The predicted octanol–water partition coefficient (Wildman–Crippen LogP) is 8.99. The molecule has 42 heavy (non-hydrogen) atoms. The number of benzene rings is 3. The third-order valence-electron chi connectivity index (χ3n) is 7.91. The van der Waals surface area contributed by atoms with Gasteiger partial charge in [-0.25, -0.2) is 0 Å². The zero-order valence-electron chi connectivity index (χ0n) is 25.4. The van der Waals surface area contributed by atoms with Gasteiger partial charge in [0.1, 0.15) is 5.75 Å². The number of hydrogen-bond donors (Lipinski definition) is 2. The molecule has 3 aromatic rings. The highest BCUT2D eigenvalue weighted by Crippen LogP contribution is 2.39. The first-order valence-corrected chi connectivity index (χ1v) is 14.9. The van der Waals surface area contributed by atoms with Crippen LogP contribution in [0.5, 0.6) is 5.75 Å². The average Bonchev–Trinajstić information content (AvgIpc) is 2.95. The van der Waals surface area contributed by atoms with E-state index in [1.54, 1.807) is 43.3 Å². The number of ether oxygens (including phenoxy) is 1. The molecule has 0 aliphatic rings. The molecule has 0 saturated heterocycles. The Kier molecular flexibility index (Phi) is 10.9. The van der Waals surface area contributed by atoms with Crippen molar-refractivity contribution >= 4 is 52.2 Å². The van der Waals surface area contributed by atoms with E-state index in [-0.39, 0.29) is 22.3 Å². The lowest BCUT2D eigenvalue weighted by molar-refractivity contribution is -0.122. The Balaban J connectivity index is 1.70. The Labute approximate surface area is 259 Å². The first-order valence-electron chi connectivity index (χ1n) is 14.2. The lowest BCUT2D eigenvalue weighted by atomic mass is 9.76. The molecule has 0 saturated carbocycles. The van der Waals surface area contributed by atoms with Crippen molar-refractivity contribution in [3.8, 4) is 5.75 Å². The maximum Gasteiger partial charge on any atom is 0.265 e. The van der Waals surface area contributed by atoms with Crippen molar-refractivity contribution in [3.63, 3.8) is 0 Å². The number of amides is 2. The van der Waals surface area contributed by atoms with Gasteiger partial charge in [0.2, 0.25) is 5.91 Å². The molecule has 0 bridgehead atoms. The normalized spacial score (nSPS) is 12.4. The first-order chi connectivity index (χ1) is 19.7. The lowest BCUT2D eigenvalue weighted by Crippen LogP contribution is -2.31. The van der Waals surface area contributed by atoms with E-state index in [9.17, 15) is 14.4 Å². The molecule has 0 aliphatic heterocycles. The molecule has 0 fully saturated rings. The SMILES string of the molecule is CCC(C)(C)c1ccc(OC(C)C(=O)Nc2cccc(C(=O)CC(=O)Nc3cc(Cl)ccc3Cl)c2)c(C(C)(C)CC)c1. The number of carbonyl (C=O) groups is 3. The van der Waals surface area contributed by atoms with Crippen LogP contribution in [0.1, 0.15) is 89.2 Å². The Bertz CT molecular complexity index is 1470. The summed E-state index contributed by atoms with van der Waals surface area (Å²) in [5.41, 5.74) is 3.20. The molecule has 3 rings (SSSR count). The number of nitrogens with one attached hydrogen (secondary N) is 2. The Morgan fingerprint density at radius 2 is 1.55 bits per heavy atom. The van der Waals surface area contributed by atoms with E-state index in [4.69, 9.17) is 27.9 Å². The summed E-state index contributed by atoms with van der Waals surface area (Å²) in [6.07, 6.45) is 0.709. The molecule has 0 heterocycles. The fourth-order valence-corrected chi connectivity index (χ4v) is 4.61. The van der Waals surface area contributed by atoms with E-state index in [1.165, 1.54) is 11.6 Å². The number of halogens is 2. The fraction of sp³-hybridized carbons (Fsp3) is 0.382. The standard InChI is InChI=1S/C34H40Cl2N2O4/c1-8-33(4,5)23-13-16-30(26(18-23)34(6,7)9-2)42-21(3)32(41)37-25-12-10-11-22(17-25)29(39)20-31(40)38-28-19-24(35)14-15-27(28)36/h10-19,21H,8-9,20H2,1-7H3,(H,37,41)(H,38,40). The maximum atomic E-state index is 13.1. The molecule has 2 N–H and O–H groups in total. The summed E-state index contributed by atoms with van der Waals surface area (Å²) in [5.74, 6) is -0.617. The van der Waals surface area contributed by atoms with Crippen LogP contribution >= 0.6 is 23.2 Å². The highest BCUT2D eigenvalue weighted by molar-refractivity contribution is 6.35. The summed E-state index contributed by atoms with van der Waals surface area (Å²) in [6, 6.07) is 17.4. The van der Waals surface area contributed by atoms with Gasteiger partial charge < -0.3 is 15.4 Å². The van der Waals surface area contributed by atoms with Crippen molar-refractivity contribution in [3.05, 3.63) is 87.4 Å². The molecule has 1 atom stereocenters. The summed E-state index contributed by atoms with van der Waals surface area (Å²) in [6.45, 7) is 14.8. The van der Waals surface area contributed by atoms with E-state index in [2.05, 4.69) is 64.3 Å². The number of anilines is 2. The topological polar surface area (TPSA) is 84.5 Å². The van der Waals surface area contributed by atoms with Crippen LogP contribution in [-0.2, 0) is 20.4 Å². The van der Waals surface area contributed by atoms with Crippen molar-refractivity contribution in [1.82, 2.24) is 0 Å². The zero-order valence-corrected chi connectivity index (χ0v) is 26.9. The van der Waals surface area contributed by atoms with Gasteiger partial charge in [0.15, 0.2) is 11.9 Å². The average molecular weight is 612 g/mol. The molecule has 2 amide bonds. The van der Waals surface area contributed by atoms with E-state index >= 15 is 0 Å². The van der Waals surface area contributed by atoms with Gasteiger partial charge in [-0.05, 0) is 72.6 Å². The molecular weight excluding hydrogens is 571 g/mol. The van der Waals surface area contributed by atoms with Gasteiger partial charge in [0, 0.05) is 21.8 Å². The predicted molar refractivity (Wildman–Crippen MR) is 172 cm³/mol. The summed E-state index contributed by atoms with van der Waals surface area (Å²) in [5, 5.41) is 6.16. The highest BCUT2D eigenvalue weighted by atomic mass is 35.5. The van der Waals surface area contributed by atoms with Crippen molar-refractivity contribution in [2.75, 3.05) is 10.6 Å². The van der Waals surface area contributed by atoms with Crippen LogP contribution in [0.15, 0.2) is 60.7 Å². The van der Waals surface area contributed by atoms with E-state index in [1.807, 2.05) is 6.07 Å². The fourth-order valence-electron chi connectivity index (χ4n) is 4.27. The van der Waals surface area contributed by atoms with Crippen LogP contribution in [0.2, 0.25) is 10.0 Å². The van der Waals surface area contributed by atoms with E-state index in [0.29, 0.717) is 27.2 Å². The zero-order chi connectivity index (χ0) is 31.2. The molecule has 3 aromatic carbocycles. The molecular formula is C34H40Cl2N2O4. The van der Waals surface area contributed by atoms with Crippen LogP contribution < -0.4 is 15.4 Å². The lowest BCUT2D eigenvalue weighted by Gasteiger charge is -2.31. The first kappa shape index (κ1) is 33.2. The van der Waals surface area contributed by atoms with Crippen molar-refractivity contribution in [1.29, 1.82) is 0 Å². The Hall–Kier alpha value is -3.35. The van der Waals surface area contributed by atoms with Gasteiger partial charge in [-0.1, -0.05) is 89.0 Å². The second-order valence-electron chi connectivity index (χ2n) is 11.8. The molecule has 6 nitrogen and oxygen atoms in total. The van der Waals surface area contributed by atoms with Crippen LogP contribution in [0, 0.1) is 0 Å². The minimum atomic E-state index is -0.797. The van der Waals surface area contributed by atoms with Gasteiger partial charge in [-0.2, -0.15) is 0 Å². The second kappa shape index (κ2) is 13.7. The van der Waals surface area contributed by atoms with E-state index in [0.717, 1.165) is 18.4 Å². The van der Waals surface area contributed by atoms with Crippen LogP contribution in [-0.4, -0.2) is 23.7 Å². The maximum absolute atomic E-state index is 13.1. The summed E-state index contributed by atoms with van der Waals surface area (Å²) in [4.78, 5) is 38.4. The largest absolute Gasteiger partial charge is 0.481 e. The van der Waals surface area contributed by atoms with Crippen molar-refractivity contribution in [2.45, 2.75) is 84.7 Å². The van der Waals surface area contributed by atoms with Crippen molar-refractivity contribution in [2.24, 2.45) is 0 Å². The minimum Gasteiger partial charge on any atom is -0.481 e. The van der Waals surface area contributed by atoms with Gasteiger partial charge in [0.05, 0.1) is 17.1 Å². The molecule has 0 aromatic heterocycles. The number of ketones is 1.